The van der Waals surface area contributed by atoms with Crippen molar-refractivity contribution in [2.45, 2.75) is 72.6 Å². The van der Waals surface area contributed by atoms with Crippen molar-refractivity contribution < 1.29 is 26.4 Å². The number of nitrogens with zero attached hydrogens (tertiary/aromatic N) is 3. The minimum Gasteiger partial charge on any atom is -0.305 e. The standard InChI is InChI=1S/C35H47F3N4O3S/c1-11-41-12-13-42(46(10,44)45)17-27(41)24-14-18(2)28-19(3)29-20(4)34(7)21(5)30(22(6)39)33(43)32(40(8)9)26(34)16-23(29)15-25(28)31(24)35(36,37)38/h14,23,26-27,32,39H,3,11-13,15-17H2,1-2,4-10H3. The molecule has 1 fully saturated rings. The Morgan fingerprint density at radius 2 is 1.80 bits per heavy atom. The fraction of sp³-hybridized carbons (Fsp3) is 0.600. The number of allylic oxidation sites excluding steroid dienone is 4. The Labute approximate surface area is 271 Å². The van der Waals surface area contributed by atoms with Crippen LogP contribution in [-0.4, -0.2) is 86.6 Å². The Morgan fingerprint density at radius 3 is 2.33 bits per heavy atom. The van der Waals surface area contributed by atoms with Gasteiger partial charge in [-0.3, -0.25) is 14.6 Å². The van der Waals surface area contributed by atoms with Gasteiger partial charge >= 0.3 is 6.18 Å². The van der Waals surface area contributed by atoms with Gasteiger partial charge in [0.15, 0.2) is 5.78 Å². The second kappa shape index (κ2) is 11.5. The minimum absolute atomic E-state index is 0.0456. The van der Waals surface area contributed by atoms with Crippen molar-refractivity contribution in [3.63, 3.8) is 0 Å². The summed E-state index contributed by atoms with van der Waals surface area (Å²) in [5.41, 5.74) is 4.33. The van der Waals surface area contributed by atoms with Crippen LogP contribution in [0.15, 0.2) is 34.9 Å². The summed E-state index contributed by atoms with van der Waals surface area (Å²) < 4.78 is 72.4. The molecule has 1 aliphatic heterocycles. The van der Waals surface area contributed by atoms with Gasteiger partial charge in [-0.15, -0.1) is 0 Å². The number of aryl methyl sites for hydroxylation is 1. The Bertz CT molecular complexity index is 1710. The molecule has 5 atom stereocenters. The lowest BCUT2D eigenvalue weighted by Gasteiger charge is -2.55. The third-order valence-corrected chi connectivity index (χ3v) is 12.8. The van der Waals surface area contributed by atoms with Gasteiger partial charge in [-0.05, 0) is 106 Å². The van der Waals surface area contributed by atoms with E-state index in [1.54, 1.807) is 13.0 Å². The number of ketones is 1. The van der Waals surface area contributed by atoms with Crippen LogP contribution in [0.3, 0.4) is 0 Å². The second-order valence-corrected chi connectivity index (χ2v) is 16.1. The van der Waals surface area contributed by atoms with Crippen LogP contribution in [0, 0.1) is 29.6 Å². The van der Waals surface area contributed by atoms with E-state index in [1.807, 2.05) is 51.6 Å². The highest BCUT2D eigenvalue weighted by molar-refractivity contribution is 7.88. The Morgan fingerprint density at radius 1 is 1.17 bits per heavy atom. The summed E-state index contributed by atoms with van der Waals surface area (Å²) in [6, 6.07) is 0.339. The zero-order valence-electron chi connectivity index (χ0n) is 28.4. The molecule has 4 aliphatic rings. The highest BCUT2D eigenvalue weighted by Gasteiger charge is 2.56. The molecule has 0 bridgehead atoms. The summed E-state index contributed by atoms with van der Waals surface area (Å²) in [5.74, 6) is -0.581. The molecule has 7 nitrogen and oxygen atoms in total. The predicted octanol–water partition coefficient (Wildman–Crippen LogP) is 6.05. The molecule has 11 heteroatoms. The molecule has 3 aliphatic carbocycles. The number of hydrogen-bond donors (Lipinski definition) is 1. The van der Waals surface area contributed by atoms with Crippen LogP contribution >= 0.6 is 0 Å². The van der Waals surface area contributed by atoms with Gasteiger partial charge in [-0.25, -0.2) is 8.42 Å². The van der Waals surface area contributed by atoms with Crippen LogP contribution in [0.5, 0.6) is 0 Å². The van der Waals surface area contributed by atoms with Crippen LogP contribution < -0.4 is 0 Å². The average Bonchev–Trinajstić information content (AvgIpc) is 2.92. The van der Waals surface area contributed by atoms with E-state index < -0.39 is 39.3 Å². The van der Waals surface area contributed by atoms with E-state index in [2.05, 4.69) is 13.5 Å². The van der Waals surface area contributed by atoms with Gasteiger partial charge < -0.3 is 5.41 Å². The van der Waals surface area contributed by atoms with E-state index in [0.29, 0.717) is 41.8 Å². The molecular weight excluding hydrogens is 613 g/mol. The molecule has 0 radical (unpaired) electrons. The van der Waals surface area contributed by atoms with Crippen molar-refractivity contribution in [2.24, 2.45) is 17.3 Å². The molecule has 1 aromatic carbocycles. The minimum atomic E-state index is -4.68. The van der Waals surface area contributed by atoms with Crippen molar-refractivity contribution in [2.75, 3.05) is 46.5 Å². The molecule has 1 heterocycles. The third-order valence-electron chi connectivity index (χ3n) is 11.6. The fourth-order valence-corrected chi connectivity index (χ4v) is 10.1. The first-order chi connectivity index (χ1) is 21.2. The average molecular weight is 661 g/mol. The number of halogens is 3. The first-order valence-corrected chi connectivity index (χ1v) is 17.8. The van der Waals surface area contributed by atoms with Crippen LogP contribution in [0.2, 0.25) is 0 Å². The van der Waals surface area contributed by atoms with Gasteiger partial charge in [0, 0.05) is 42.4 Å². The number of sulfonamides is 1. The lowest BCUT2D eigenvalue weighted by Crippen LogP contribution is -2.56. The lowest BCUT2D eigenvalue weighted by molar-refractivity contribution is -0.139. The quantitative estimate of drug-likeness (QED) is 0.389. The SMILES string of the molecule is C=C1C2=C(C)C3(C)C(C)=C(C(C)=N)C(=O)C(N(C)C)C3CC2Cc2c1c(C)cc(C1CN(S(C)(=O)=O)CCN1CC)c2C(F)(F)F. The van der Waals surface area contributed by atoms with E-state index in [9.17, 15) is 13.2 Å². The Hall–Kier alpha value is -2.60. The molecule has 46 heavy (non-hydrogen) atoms. The number of rotatable bonds is 5. The summed E-state index contributed by atoms with van der Waals surface area (Å²) in [6.07, 6.45) is -2.92. The van der Waals surface area contributed by atoms with Gasteiger partial charge in [0.2, 0.25) is 10.0 Å². The van der Waals surface area contributed by atoms with Crippen molar-refractivity contribution >= 4 is 27.1 Å². The van der Waals surface area contributed by atoms with Crippen molar-refractivity contribution in [3.05, 3.63) is 62.8 Å². The molecule has 0 saturated carbocycles. The number of carbonyl (C=O) groups is 1. The van der Waals surface area contributed by atoms with E-state index in [-0.39, 0.29) is 54.0 Å². The molecular formula is C35H47F3N4O3S. The normalized spacial score (nSPS) is 29.7. The third kappa shape index (κ3) is 5.16. The maximum absolute atomic E-state index is 15.4. The molecule has 0 amide bonds. The molecule has 0 spiro atoms. The molecule has 1 saturated heterocycles. The van der Waals surface area contributed by atoms with Gasteiger partial charge in [0.05, 0.1) is 17.9 Å². The summed E-state index contributed by atoms with van der Waals surface area (Å²) >= 11 is 0. The number of nitrogens with one attached hydrogen (secondary N) is 1. The van der Waals surface area contributed by atoms with Crippen LogP contribution in [0.25, 0.3) is 5.57 Å². The smallest absolute Gasteiger partial charge is 0.305 e. The van der Waals surface area contributed by atoms with E-state index in [4.69, 9.17) is 5.41 Å². The molecule has 5 rings (SSSR count). The largest absolute Gasteiger partial charge is 0.417 e. The van der Waals surface area contributed by atoms with E-state index >= 15 is 13.2 Å². The van der Waals surface area contributed by atoms with Gasteiger partial charge in [0.1, 0.15) is 0 Å². The fourth-order valence-electron chi connectivity index (χ4n) is 9.31. The summed E-state index contributed by atoms with van der Waals surface area (Å²) in [4.78, 5) is 17.7. The Balaban J connectivity index is 1.75. The number of piperazine rings is 1. The van der Waals surface area contributed by atoms with Crippen molar-refractivity contribution in [3.8, 4) is 0 Å². The maximum atomic E-state index is 15.4. The van der Waals surface area contributed by atoms with Crippen LogP contribution in [0.1, 0.15) is 74.9 Å². The summed E-state index contributed by atoms with van der Waals surface area (Å²) in [6.45, 7) is 16.9. The van der Waals surface area contributed by atoms with Crippen molar-refractivity contribution in [1.82, 2.24) is 14.1 Å². The first kappa shape index (κ1) is 34.7. The van der Waals surface area contributed by atoms with E-state index in [1.165, 1.54) is 4.31 Å². The topological polar surface area (TPSA) is 84.8 Å². The van der Waals surface area contributed by atoms with Crippen molar-refractivity contribution in [1.29, 1.82) is 5.41 Å². The number of Topliss-reactive ketones (excluding diaryl/α,β-unsaturated/α-hetero) is 1. The number of carbonyl (C=O) groups excluding carboxylic acids is 1. The second-order valence-electron chi connectivity index (χ2n) is 14.1. The molecule has 5 unspecified atom stereocenters. The predicted molar refractivity (Wildman–Crippen MR) is 176 cm³/mol. The van der Waals surface area contributed by atoms with Crippen LogP contribution in [-0.2, 0) is 27.4 Å². The highest BCUT2D eigenvalue weighted by Crippen LogP contribution is 2.61. The van der Waals surface area contributed by atoms with Gasteiger partial charge in [-0.1, -0.05) is 37.6 Å². The number of fused-ring (bicyclic) bond motifs is 3. The number of alkyl halides is 3. The highest BCUT2D eigenvalue weighted by atomic mass is 32.2. The van der Waals surface area contributed by atoms with E-state index in [0.717, 1.165) is 23.0 Å². The summed E-state index contributed by atoms with van der Waals surface area (Å²) in [7, 11) is 0.108. The lowest BCUT2D eigenvalue weighted by atomic mass is 9.50. The number of benzene rings is 1. The zero-order chi connectivity index (χ0) is 34.4. The Kier molecular flexibility index (Phi) is 8.70. The molecule has 252 valence electrons. The first-order valence-electron chi connectivity index (χ1n) is 16.0. The number of likely N-dealkylation sites (N-methyl/N-ethyl adjacent to an activating group) is 2. The zero-order valence-corrected chi connectivity index (χ0v) is 29.3. The van der Waals surface area contributed by atoms with Gasteiger partial charge in [-0.2, -0.15) is 17.5 Å². The maximum Gasteiger partial charge on any atom is 0.417 e. The monoisotopic (exact) mass is 660 g/mol. The number of hydrogen-bond acceptors (Lipinski definition) is 6. The molecule has 0 aromatic heterocycles. The molecule has 1 N–H and O–H groups in total. The molecule has 1 aromatic rings. The van der Waals surface area contributed by atoms with Gasteiger partial charge in [0.25, 0.3) is 0 Å². The summed E-state index contributed by atoms with van der Waals surface area (Å²) in [5, 5.41) is 8.47. The van der Waals surface area contributed by atoms with Crippen LogP contribution in [0.4, 0.5) is 13.2 Å².